The van der Waals surface area contributed by atoms with Gasteiger partial charge in [0.15, 0.2) is 15.8 Å². The van der Waals surface area contributed by atoms with Crippen molar-refractivity contribution in [3.63, 3.8) is 0 Å². The lowest BCUT2D eigenvalue weighted by Gasteiger charge is -2.11. The molecule has 0 saturated carbocycles. The molecule has 6 heteroatoms. The molecule has 3 N–H and O–H groups in total. The second-order valence-corrected chi connectivity index (χ2v) is 8.06. The molecule has 1 atom stereocenters. The number of nitrogens with two attached hydrogens (primary N) is 1. The molecule has 0 spiro atoms. The average Bonchev–Trinajstić information content (AvgIpc) is 2.62. The first-order valence-corrected chi connectivity index (χ1v) is 10.0. The summed E-state index contributed by atoms with van der Waals surface area (Å²) in [5.74, 6) is 0.648. The molecule has 0 aliphatic rings. The second-order valence-electron chi connectivity index (χ2n) is 5.96. The van der Waals surface area contributed by atoms with Crippen LogP contribution in [0.4, 0.5) is 5.69 Å². The van der Waals surface area contributed by atoms with Crippen LogP contribution in [-0.4, -0.2) is 26.7 Å². The van der Waals surface area contributed by atoms with E-state index in [9.17, 15) is 8.42 Å². The van der Waals surface area contributed by atoms with Crippen LogP contribution in [0.1, 0.15) is 31.7 Å². The molecular formula is C19H25N3O2S. The standard InChI is InChI=1S/C19H25N3O2S/c1-3-15(2)16-9-11-17(12-10-16)22-19(20)21-13-14-25(23,24)18-7-5-4-6-8-18/h4-12,15H,3,13-14H2,1-2H3,(H3,20,21,22). The molecule has 2 aromatic rings. The molecule has 0 aromatic heterocycles. The summed E-state index contributed by atoms with van der Waals surface area (Å²) in [5, 5.41) is 2.99. The van der Waals surface area contributed by atoms with Crippen LogP contribution in [0.15, 0.2) is 64.5 Å². The van der Waals surface area contributed by atoms with E-state index in [0.717, 1.165) is 12.1 Å². The van der Waals surface area contributed by atoms with E-state index in [1.807, 2.05) is 12.1 Å². The Labute approximate surface area is 149 Å². The van der Waals surface area contributed by atoms with Crippen molar-refractivity contribution >= 4 is 21.5 Å². The number of nitrogens with zero attached hydrogens (tertiary/aromatic N) is 1. The Hall–Kier alpha value is -2.34. The first-order chi connectivity index (χ1) is 11.9. The molecule has 5 nitrogen and oxygen atoms in total. The molecule has 0 fully saturated rings. The summed E-state index contributed by atoms with van der Waals surface area (Å²) in [5.41, 5.74) is 7.95. The molecule has 2 aromatic carbocycles. The highest BCUT2D eigenvalue weighted by molar-refractivity contribution is 7.91. The number of rotatable bonds is 7. The fraction of sp³-hybridized carbons (Fsp3) is 0.316. The normalized spacial score (nSPS) is 13.4. The second kappa shape index (κ2) is 8.67. The summed E-state index contributed by atoms with van der Waals surface area (Å²) in [6.07, 6.45) is 1.09. The van der Waals surface area contributed by atoms with Crippen LogP contribution in [0.2, 0.25) is 0 Å². The third-order valence-corrected chi connectivity index (χ3v) is 5.82. The summed E-state index contributed by atoms with van der Waals surface area (Å²) in [6.45, 7) is 4.46. The van der Waals surface area contributed by atoms with Gasteiger partial charge in [-0.3, -0.25) is 4.99 Å². The molecule has 0 bridgehead atoms. The minimum absolute atomic E-state index is 0.0770. The lowest BCUT2D eigenvalue weighted by atomic mass is 9.99. The molecular weight excluding hydrogens is 334 g/mol. The molecule has 25 heavy (non-hydrogen) atoms. The Kier molecular flexibility index (Phi) is 6.58. The largest absolute Gasteiger partial charge is 0.370 e. The van der Waals surface area contributed by atoms with Crippen LogP contribution in [-0.2, 0) is 9.84 Å². The molecule has 134 valence electrons. The van der Waals surface area contributed by atoms with Gasteiger partial charge in [-0.2, -0.15) is 0 Å². The summed E-state index contributed by atoms with van der Waals surface area (Å²) in [4.78, 5) is 4.41. The van der Waals surface area contributed by atoms with Crippen molar-refractivity contribution < 1.29 is 8.42 Å². The molecule has 0 aliphatic carbocycles. The van der Waals surface area contributed by atoms with E-state index in [-0.39, 0.29) is 18.3 Å². The Balaban J connectivity index is 1.91. The number of anilines is 1. The zero-order chi connectivity index (χ0) is 18.3. The topological polar surface area (TPSA) is 84.5 Å². The highest BCUT2D eigenvalue weighted by Gasteiger charge is 2.12. The Morgan fingerprint density at radius 2 is 1.76 bits per heavy atom. The Morgan fingerprint density at radius 1 is 1.12 bits per heavy atom. The van der Waals surface area contributed by atoms with E-state index < -0.39 is 9.84 Å². The van der Waals surface area contributed by atoms with Gasteiger partial charge in [-0.1, -0.05) is 44.2 Å². The molecule has 2 rings (SSSR count). The zero-order valence-corrected chi connectivity index (χ0v) is 15.5. The maximum atomic E-state index is 12.2. The van der Waals surface area contributed by atoms with E-state index in [1.165, 1.54) is 5.56 Å². The third kappa shape index (κ3) is 5.60. The van der Waals surface area contributed by atoms with Gasteiger partial charge in [0.1, 0.15) is 0 Å². The van der Waals surface area contributed by atoms with Gasteiger partial charge in [0, 0.05) is 5.69 Å². The van der Waals surface area contributed by atoms with E-state index in [2.05, 4.69) is 36.3 Å². The number of hydrogen-bond donors (Lipinski definition) is 2. The molecule has 0 aliphatic heterocycles. The number of nitrogens with one attached hydrogen (secondary N) is 1. The monoisotopic (exact) mass is 359 g/mol. The zero-order valence-electron chi connectivity index (χ0n) is 14.6. The highest BCUT2D eigenvalue weighted by Crippen LogP contribution is 2.20. The van der Waals surface area contributed by atoms with Crippen LogP contribution in [0.3, 0.4) is 0 Å². The maximum absolute atomic E-state index is 12.2. The summed E-state index contributed by atoms with van der Waals surface area (Å²) in [6, 6.07) is 16.4. The third-order valence-electron chi connectivity index (χ3n) is 4.11. The van der Waals surface area contributed by atoms with Gasteiger partial charge in [0.2, 0.25) is 0 Å². The Bertz CT molecular complexity index is 800. The molecule has 1 unspecified atom stereocenters. The molecule has 0 radical (unpaired) electrons. The van der Waals surface area contributed by atoms with Crippen molar-refractivity contribution in [2.75, 3.05) is 17.6 Å². The van der Waals surface area contributed by atoms with E-state index in [1.54, 1.807) is 30.3 Å². The first kappa shape index (κ1) is 19.0. The summed E-state index contributed by atoms with van der Waals surface area (Å²) < 4.78 is 24.3. The number of sulfone groups is 1. The van der Waals surface area contributed by atoms with E-state index in [4.69, 9.17) is 5.73 Å². The van der Waals surface area contributed by atoms with Crippen LogP contribution in [0.25, 0.3) is 0 Å². The van der Waals surface area contributed by atoms with Crippen LogP contribution in [0, 0.1) is 0 Å². The first-order valence-electron chi connectivity index (χ1n) is 8.37. The van der Waals surface area contributed by atoms with Gasteiger partial charge in [0.05, 0.1) is 17.2 Å². The van der Waals surface area contributed by atoms with Crippen LogP contribution < -0.4 is 11.1 Å². The van der Waals surface area contributed by atoms with E-state index in [0.29, 0.717) is 10.8 Å². The van der Waals surface area contributed by atoms with Gasteiger partial charge < -0.3 is 11.1 Å². The van der Waals surface area contributed by atoms with Crippen molar-refractivity contribution in [2.24, 2.45) is 10.7 Å². The minimum Gasteiger partial charge on any atom is -0.370 e. The Morgan fingerprint density at radius 3 is 2.36 bits per heavy atom. The van der Waals surface area contributed by atoms with Crippen molar-refractivity contribution in [1.29, 1.82) is 0 Å². The van der Waals surface area contributed by atoms with Gasteiger partial charge >= 0.3 is 0 Å². The number of guanidine groups is 1. The van der Waals surface area contributed by atoms with E-state index >= 15 is 0 Å². The minimum atomic E-state index is -3.34. The van der Waals surface area contributed by atoms with Crippen LogP contribution >= 0.6 is 0 Å². The fourth-order valence-corrected chi connectivity index (χ4v) is 3.49. The van der Waals surface area contributed by atoms with Gasteiger partial charge in [0.25, 0.3) is 0 Å². The smallest absolute Gasteiger partial charge is 0.193 e. The van der Waals surface area contributed by atoms with Crippen molar-refractivity contribution in [3.05, 3.63) is 60.2 Å². The average molecular weight is 359 g/mol. The van der Waals surface area contributed by atoms with Crippen molar-refractivity contribution in [2.45, 2.75) is 31.1 Å². The van der Waals surface area contributed by atoms with Gasteiger partial charge in [-0.05, 0) is 42.2 Å². The number of hydrogen-bond acceptors (Lipinski definition) is 3. The SMILES string of the molecule is CCC(C)c1ccc(NC(N)=NCCS(=O)(=O)c2ccccc2)cc1. The predicted molar refractivity (Wildman–Crippen MR) is 104 cm³/mol. The summed E-state index contributed by atoms with van der Waals surface area (Å²) in [7, 11) is -3.34. The molecule has 0 saturated heterocycles. The quantitative estimate of drug-likeness (QED) is 0.586. The van der Waals surface area contributed by atoms with Gasteiger partial charge in [-0.15, -0.1) is 0 Å². The summed E-state index contributed by atoms with van der Waals surface area (Å²) >= 11 is 0. The lowest BCUT2D eigenvalue weighted by Crippen LogP contribution is -2.24. The highest BCUT2D eigenvalue weighted by atomic mass is 32.2. The fourth-order valence-electron chi connectivity index (χ4n) is 2.35. The molecule has 0 amide bonds. The predicted octanol–water partition coefficient (Wildman–Crippen LogP) is 3.40. The lowest BCUT2D eigenvalue weighted by molar-refractivity contribution is 0.596. The van der Waals surface area contributed by atoms with Crippen LogP contribution in [0.5, 0.6) is 0 Å². The number of benzene rings is 2. The molecule has 0 heterocycles. The van der Waals surface area contributed by atoms with Crippen molar-refractivity contribution in [1.82, 2.24) is 0 Å². The maximum Gasteiger partial charge on any atom is 0.193 e. The number of aliphatic imine (C=N–C) groups is 1. The van der Waals surface area contributed by atoms with Crippen molar-refractivity contribution in [3.8, 4) is 0 Å². The van der Waals surface area contributed by atoms with Gasteiger partial charge in [-0.25, -0.2) is 8.42 Å².